The number of benzene rings is 1. The van der Waals surface area contributed by atoms with Crippen LogP contribution in [0.4, 0.5) is 15.3 Å². The Labute approximate surface area is 190 Å². The van der Waals surface area contributed by atoms with Crippen molar-refractivity contribution in [1.82, 2.24) is 9.88 Å². The summed E-state index contributed by atoms with van der Waals surface area (Å²) in [6.45, 7) is 6.20. The summed E-state index contributed by atoms with van der Waals surface area (Å²) >= 11 is 0. The van der Waals surface area contributed by atoms with Crippen molar-refractivity contribution in [1.29, 1.82) is 0 Å². The van der Waals surface area contributed by atoms with Crippen molar-refractivity contribution >= 4 is 17.9 Å². The highest BCUT2D eigenvalue weighted by molar-refractivity contribution is 5.84. The molecule has 1 fully saturated rings. The molecule has 7 heteroatoms. The van der Waals surface area contributed by atoms with E-state index in [0.29, 0.717) is 12.2 Å². The van der Waals surface area contributed by atoms with Gasteiger partial charge in [0.25, 0.3) is 0 Å². The third-order valence-corrected chi connectivity index (χ3v) is 5.26. The molecule has 1 N–H and O–H groups in total. The molecule has 7 nitrogen and oxygen atoms in total. The van der Waals surface area contributed by atoms with E-state index in [4.69, 9.17) is 9.47 Å². The van der Waals surface area contributed by atoms with E-state index in [1.54, 1.807) is 17.2 Å². The monoisotopic (exact) mass is 439 g/mol. The van der Waals surface area contributed by atoms with Gasteiger partial charge in [-0.05, 0) is 51.3 Å². The summed E-state index contributed by atoms with van der Waals surface area (Å²) in [7, 11) is 0. The molecular weight excluding hydrogens is 406 g/mol. The maximum atomic E-state index is 12.9. The number of nitrogens with zero attached hydrogens (tertiary/aromatic N) is 2. The fourth-order valence-electron chi connectivity index (χ4n) is 3.70. The van der Waals surface area contributed by atoms with Crippen molar-refractivity contribution in [2.45, 2.75) is 77.7 Å². The highest BCUT2D eigenvalue weighted by atomic mass is 16.6. The van der Waals surface area contributed by atoms with Gasteiger partial charge in [0.2, 0.25) is 0 Å². The zero-order chi connectivity index (χ0) is 23.0. The Balaban J connectivity index is 1.58. The van der Waals surface area contributed by atoms with E-state index in [-0.39, 0.29) is 18.7 Å². The molecule has 1 aliphatic rings. The van der Waals surface area contributed by atoms with E-state index in [1.165, 1.54) is 6.42 Å². The van der Waals surface area contributed by atoms with Crippen LogP contribution >= 0.6 is 0 Å². The average molecular weight is 440 g/mol. The van der Waals surface area contributed by atoms with Gasteiger partial charge in [-0.25, -0.2) is 9.59 Å². The molecule has 0 atom stereocenters. The Kier molecular flexibility index (Phi) is 8.09. The van der Waals surface area contributed by atoms with Crippen LogP contribution in [-0.4, -0.2) is 33.7 Å². The Morgan fingerprint density at radius 3 is 2.41 bits per heavy atom. The average Bonchev–Trinajstić information content (AvgIpc) is 2.77. The van der Waals surface area contributed by atoms with Gasteiger partial charge in [0.05, 0.1) is 24.1 Å². The second kappa shape index (κ2) is 11.0. The SMILES string of the molecule is CC(C)(C)OC(=O)N(Cc1ccc(NC(=O)OCc2ccccc2)cn1)C1CCCCC1. The van der Waals surface area contributed by atoms with Gasteiger partial charge in [-0.15, -0.1) is 0 Å². The van der Waals surface area contributed by atoms with Gasteiger partial charge in [-0.2, -0.15) is 0 Å². The van der Waals surface area contributed by atoms with Crippen LogP contribution in [0, 0.1) is 0 Å². The number of hydrogen-bond donors (Lipinski definition) is 1. The molecule has 1 saturated carbocycles. The predicted octanol–water partition coefficient (Wildman–Crippen LogP) is 5.90. The molecule has 1 aromatic heterocycles. The molecule has 172 valence electrons. The third kappa shape index (κ3) is 7.55. The Morgan fingerprint density at radius 2 is 1.78 bits per heavy atom. The zero-order valence-corrected chi connectivity index (χ0v) is 19.2. The van der Waals surface area contributed by atoms with Crippen LogP contribution in [0.2, 0.25) is 0 Å². The number of nitrogens with one attached hydrogen (secondary N) is 1. The van der Waals surface area contributed by atoms with Crippen LogP contribution in [-0.2, 0) is 22.6 Å². The first kappa shape index (κ1) is 23.6. The molecule has 1 aromatic carbocycles. The molecule has 32 heavy (non-hydrogen) atoms. The normalized spacial score (nSPS) is 14.5. The maximum absolute atomic E-state index is 12.9. The Morgan fingerprint density at radius 1 is 1.06 bits per heavy atom. The molecule has 1 heterocycles. The summed E-state index contributed by atoms with van der Waals surface area (Å²) in [6, 6.07) is 13.2. The second-order valence-corrected chi connectivity index (χ2v) is 9.13. The fourth-order valence-corrected chi connectivity index (χ4v) is 3.70. The molecule has 0 radical (unpaired) electrons. The van der Waals surface area contributed by atoms with Crippen LogP contribution < -0.4 is 5.32 Å². The van der Waals surface area contributed by atoms with Crippen molar-refractivity contribution in [3.05, 3.63) is 59.9 Å². The molecule has 0 spiro atoms. The van der Waals surface area contributed by atoms with Crippen molar-refractivity contribution in [3.8, 4) is 0 Å². The summed E-state index contributed by atoms with van der Waals surface area (Å²) in [5, 5.41) is 2.68. The van der Waals surface area contributed by atoms with Crippen LogP contribution in [0.15, 0.2) is 48.7 Å². The minimum absolute atomic E-state index is 0.158. The quantitative estimate of drug-likeness (QED) is 0.606. The number of amides is 2. The highest BCUT2D eigenvalue weighted by Gasteiger charge is 2.29. The lowest BCUT2D eigenvalue weighted by molar-refractivity contribution is 0.00957. The Bertz CT molecular complexity index is 872. The minimum Gasteiger partial charge on any atom is -0.444 e. The van der Waals surface area contributed by atoms with Gasteiger partial charge in [0, 0.05) is 6.04 Å². The molecule has 1 aliphatic carbocycles. The van der Waals surface area contributed by atoms with E-state index in [0.717, 1.165) is 36.9 Å². The summed E-state index contributed by atoms with van der Waals surface area (Å²) in [4.78, 5) is 31.2. The van der Waals surface area contributed by atoms with Crippen LogP contribution in [0.3, 0.4) is 0 Å². The first-order valence-electron chi connectivity index (χ1n) is 11.2. The third-order valence-electron chi connectivity index (χ3n) is 5.26. The molecule has 0 saturated heterocycles. The van der Waals surface area contributed by atoms with Crippen LogP contribution in [0.25, 0.3) is 0 Å². The molecule has 0 aliphatic heterocycles. The number of carbonyl (C=O) groups is 2. The smallest absolute Gasteiger partial charge is 0.412 e. The van der Waals surface area contributed by atoms with Gasteiger partial charge < -0.3 is 9.47 Å². The number of ether oxygens (including phenoxy) is 2. The van der Waals surface area contributed by atoms with Gasteiger partial charge in [0.15, 0.2) is 0 Å². The number of rotatable bonds is 6. The van der Waals surface area contributed by atoms with Crippen LogP contribution in [0.5, 0.6) is 0 Å². The molecular formula is C25H33N3O4. The van der Waals surface area contributed by atoms with E-state index in [2.05, 4.69) is 10.3 Å². The fraction of sp³-hybridized carbons (Fsp3) is 0.480. The lowest BCUT2D eigenvalue weighted by Crippen LogP contribution is -2.44. The van der Waals surface area contributed by atoms with E-state index in [9.17, 15) is 9.59 Å². The van der Waals surface area contributed by atoms with Crippen LogP contribution in [0.1, 0.15) is 64.1 Å². The molecule has 2 aromatic rings. The zero-order valence-electron chi connectivity index (χ0n) is 19.2. The maximum Gasteiger partial charge on any atom is 0.412 e. The standard InChI is InChI=1S/C25H33N3O4/c1-25(2,3)32-24(30)28(22-12-8-5-9-13-22)17-21-15-14-20(16-26-21)27-23(29)31-18-19-10-6-4-7-11-19/h4,6-7,10-11,14-16,22H,5,8-9,12-13,17-18H2,1-3H3,(H,27,29). The highest BCUT2D eigenvalue weighted by Crippen LogP contribution is 2.26. The number of carbonyl (C=O) groups excluding carboxylic acids is 2. The summed E-state index contributed by atoms with van der Waals surface area (Å²) in [5.41, 5.74) is 1.64. The topological polar surface area (TPSA) is 80.8 Å². The van der Waals surface area contributed by atoms with E-state index in [1.807, 2.05) is 57.2 Å². The predicted molar refractivity (Wildman–Crippen MR) is 123 cm³/mol. The largest absolute Gasteiger partial charge is 0.444 e. The number of aromatic nitrogens is 1. The van der Waals surface area contributed by atoms with Gasteiger partial charge in [0.1, 0.15) is 12.2 Å². The summed E-state index contributed by atoms with van der Waals surface area (Å²) < 4.78 is 10.9. The van der Waals surface area contributed by atoms with Gasteiger partial charge >= 0.3 is 12.2 Å². The van der Waals surface area contributed by atoms with Gasteiger partial charge in [-0.1, -0.05) is 49.6 Å². The second-order valence-electron chi connectivity index (χ2n) is 9.13. The molecule has 3 rings (SSSR count). The molecule has 2 amide bonds. The minimum atomic E-state index is -0.550. The number of hydrogen-bond acceptors (Lipinski definition) is 5. The summed E-state index contributed by atoms with van der Waals surface area (Å²) in [6.07, 6.45) is 6.12. The number of anilines is 1. The number of pyridine rings is 1. The van der Waals surface area contributed by atoms with E-state index >= 15 is 0 Å². The first-order chi connectivity index (χ1) is 15.3. The Hall–Kier alpha value is -3.09. The van der Waals surface area contributed by atoms with Crippen molar-refractivity contribution < 1.29 is 19.1 Å². The van der Waals surface area contributed by atoms with Crippen molar-refractivity contribution in [2.24, 2.45) is 0 Å². The molecule has 0 unspecified atom stereocenters. The lowest BCUT2D eigenvalue weighted by atomic mass is 9.94. The lowest BCUT2D eigenvalue weighted by Gasteiger charge is -2.35. The summed E-state index contributed by atoms with van der Waals surface area (Å²) in [5.74, 6) is 0. The van der Waals surface area contributed by atoms with Crippen molar-refractivity contribution in [3.63, 3.8) is 0 Å². The van der Waals surface area contributed by atoms with Gasteiger partial charge in [-0.3, -0.25) is 15.2 Å². The van der Waals surface area contributed by atoms with E-state index < -0.39 is 11.7 Å². The molecule has 0 bridgehead atoms. The first-order valence-corrected chi connectivity index (χ1v) is 11.2. The van der Waals surface area contributed by atoms with Crippen molar-refractivity contribution in [2.75, 3.05) is 5.32 Å².